The first-order valence-electron chi connectivity index (χ1n) is 13.8. The molecule has 4 nitrogen and oxygen atoms in total. The molecule has 0 amide bonds. The summed E-state index contributed by atoms with van der Waals surface area (Å²) in [5.41, 5.74) is 0.252. The molecule has 0 radical (unpaired) electrons. The van der Waals surface area contributed by atoms with Crippen LogP contribution < -0.4 is 0 Å². The first-order valence-corrected chi connectivity index (χ1v) is 13.8. The molecule has 0 heterocycles. The highest BCUT2D eigenvalue weighted by molar-refractivity contribution is 6.02. The first kappa shape index (κ1) is 28.4. The van der Waals surface area contributed by atoms with Crippen molar-refractivity contribution in [1.82, 2.24) is 0 Å². The summed E-state index contributed by atoms with van der Waals surface area (Å²) in [5.74, 6) is 0.104. The molecule has 3 aliphatic rings. The van der Waals surface area contributed by atoms with Gasteiger partial charge in [-0.25, -0.2) is 0 Å². The molecule has 0 aliphatic heterocycles. The zero-order valence-corrected chi connectivity index (χ0v) is 24.0. The van der Waals surface area contributed by atoms with E-state index in [9.17, 15) is 20.1 Å². The third kappa shape index (κ3) is 4.51. The maximum absolute atomic E-state index is 12.9. The highest BCUT2D eigenvalue weighted by Gasteiger charge is 2.58. The van der Waals surface area contributed by atoms with Crippen molar-refractivity contribution in [2.24, 2.45) is 44.8 Å². The second kappa shape index (κ2) is 9.28. The minimum absolute atomic E-state index is 0.00184. The van der Waals surface area contributed by atoms with E-state index in [1.165, 1.54) is 0 Å². The summed E-state index contributed by atoms with van der Waals surface area (Å²) in [6, 6.07) is 4.90. The summed E-state index contributed by atoms with van der Waals surface area (Å²) in [4.78, 5) is 25.4. The number of fused-ring (bicyclic) bond motifs is 1. The number of hydrogen-bond donors (Lipinski definition) is 0. The van der Waals surface area contributed by atoms with Gasteiger partial charge in [-0.15, -0.1) is 0 Å². The van der Waals surface area contributed by atoms with E-state index in [2.05, 4.69) is 60.6 Å². The fraction of sp³-hybridized carbons (Fsp3) is 0.750. The Kier molecular flexibility index (Phi) is 7.31. The third-order valence-corrected chi connectivity index (χ3v) is 11.1. The maximum atomic E-state index is 12.9. The van der Waals surface area contributed by atoms with Crippen LogP contribution in [0.15, 0.2) is 23.3 Å². The van der Waals surface area contributed by atoms with Gasteiger partial charge in [0.25, 0.3) is 0 Å². The lowest BCUT2D eigenvalue weighted by Crippen LogP contribution is -2.53. The minimum atomic E-state index is -0.524. The van der Waals surface area contributed by atoms with Crippen LogP contribution in [0.4, 0.5) is 0 Å². The van der Waals surface area contributed by atoms with E-state index in [1.807, 2.05) is 13.0 Å². The first-order chi connectivity index (χ1) is 16.5. The summed E-state index contributed by atoms with van der Waals surface area (Å²) in [6.45, 7) is 19.4. The summed E-state index contributed by atoms with van der Waals surface area (Å²) in [7, 11) is 0. The van der Waals surface area contributed by atoms with Gasteiger partial charge < -0.3 is 0 Å². The smallest absolute Gasteiger partial charge is 0.176 e. The Morgan fingerprint density at radius 3 is 2.31 bits per heavy atom. The molecule has 0 aromatic carbocycles. The second-order valence-corrected chi connectivity index (χ2v) is 14.2. The average molecular weight is 491 g/mol. The molecule has 3 aliphatic carbocycles. The van der Waals surface area contributed by atoms with E-state index in [-0.39, 0.29) is 50.6 Å². The second-order valence-electron chi connectivity index (χ2n) is 14.2. The molecule has 36 heavy (non-hydrogen) atoms. The van der Waals surface area contributed by atoms with Crippen molar-refractivity contribution in [3.63, 3.8) is 0 Å². The lowest BCUT2D eigenvalue weighted by molar-refractivity contribution is -0.123. The van der Waals surface area contributed by atoms with Crippen LogP contribution in [0.1, 0.15) is 107 Å². The normalized spacial score (nSPS) is 39.5. The van der Waals surface area contributed by atoms with Crippen LogP contribution >= 0.6 is 0 Å². The third-order valence-electron chi connectivity index (χ3n) is 11.1. The quantitative estimate of drug-likeness (QED) is 0.369. The minimum Gasteiger partial charge on any atom is -0.295 e. The van der Waals surface area contributed by atoms with Crippen LogP contribution in [0.2, 0.25) is 0 Å². The summed E-state index contributed by atoms with van der Waals surface area (Å²) in [5, 5.41) is 20.1. The standard InChI is InChI=1S/C32H46N2O2/c1-21-17-28(4,5)12-14-32(21,20-34)15-13-29(6,7)31(9)11-10-25-23(3)27(36)24(19-33)18-30(25,8)26(31)16-22(2)35/h16,18,21,23,25H,10-15,17H2,1-9H3/b26-16-/t21?,23-,25-,30-,31+,32+/m0/s1. The highest BCUT2D eigenvalue weighted by atomic mass is 16.1. The predicted octanol–water partition coefficient (Wildman–Crippen LogP) is 7.76. The summed E-state index contributed by atoms with van der Waals surface area (Å²) < 4.78 is 0. The van der Waals surface area contributed by atoms with Gasteiger partial charge >= 0.3 is 0 Å². The van der Waals surface area contributed by atoms with Crippen molar-refractivity contribution in [2.45, 2.75) is 107 Å². The number of carbonyl (C=O) groups is 2. The number of hydrogen-bond acceptors (Lipinski definition) is 4. The molecule has 0 aromatic rings. The number of rotatable bonds is 5. The van der Waals surface area contributed by atoms with Crippen LogP contribution in [0.25, 0.3) is 0 Å². The number of Topliss-reactive ketones (excluding diaryl/α,β-unsaturated/α-hetero) is 1. The largest absolute Gasteiger partial charge is 0.295 e. The van der Waals surface area contributed by atoms with Crippen molar-refractivity contribution < 1.29 is 9.59 Å². The molecule has 3 rings (SSSR count). The maximum Gasteiger partial charge on any atom is 0.176 e. The number of ketones is 2. The number of nitrogens with zero attached hydrogens (tertiary/aromatic N) is 2. The van der Waals surface area contributed by atoms with E-state index < -0.39 is 5.41 Å². The van der Waals surface area contributed by atoms with E-state index in [1.54, 1.807) is 13.0 Å². The SMILES string of the molecule is CC(=O)/C=C1/[C@@]2(C)C=C(C#N)C(=O)[C@@H](C)[C@@H]2CC[C@@]1(C)C(C)(C)CC[C@@]1(C#N)CCC(C)(C)CC1C. The van der Waals surface area contributed by atoms with Gasteiger partial charge in [0.1, 0.15) is 6.07 Å². The fourth-order valence-electron chi connectivity index (χ4n) is 8.07. The molecule has 0 N–H and O–H groups in total. The molecule has 0 spiro atoms. The van der Waals surface area contributed by atoms with E-state index in [0.29, 0.717) is 5.92 Å². The Labute approximate surface area is 219 Å². The van der Waals surface area contributed by atoms with Crippen molar-refractivity contribution in [2.75, 3.05) is 0 Å². The zero-order valence-electron chi connectivity index (χ0n) is 24.0. The molecule has 0 bridgehead atoms. The van der Waals surface area contributed by atoms with E-state index >= 15 is 0 Å². The number of nitriles is 2. The van der Waals surface area contributed by atoms with Crippen LogP contribution in [0.3, 0.4) is 0 Å². The highest BCUT2D eigenvalue weighted by Crippen LogP contribution is 2.65. The van der Waals surface area contributed by atoms with Gasteiger partial charge in [-0.3, -0.25) is 9.59 Å². The lowest BCUT2D eigenvalue weighted by Gasteiger charge is -2.59. The summed E-state index contributed by atoms with van der Waals surface area (Å²) in [6.07, 6.45) is 10.3. The van der Waals surface area contributed by atoms with Crippen LogP contribution in [-0.2, 0) is 9.59 Å². The molecule has 2 fully saturated rings. The molecule has 196 valence electrons. The van der Waals surface area contributed by atoms with Crippen LogP contribution in [0.5, 0.6) is 0 Å². The summed E-state index contributed by atoms with van der Waals surface area (Å²) >= 11 is 0. The van der Waals surface area contributed by atoms with Crippen molar-refractivity contribution in [1.29, 1.82) is 10.5 Å². The van der Waals surface area contributed by atoms with Gasteiger partial charge in [-0.1, -0.05) is 67.0 Å². The van der Waals surface area contributed by atoms with Gasteiger partial charge in [0.15, 0.2) is 11.6 Å². The van der Waals surface area contributed by atoms with Gasteiger partial charge in [-0.05, 0) is 86.0 Å². The Hall–Kier alpha value is -2.20. The van der Waals surface area contributed by atoms with Gasteiger partial charge in [0.2, 0.25) is 0 Å². The lowest BCUT2D eigenvalue weighted by atomic mass is 9.44. The van der Waals surface area contributed by atoms with Crippen molar-refractivity contribution >= 4 is 11.6 Å². The van der Waals surface area contributed by atoms with Crippen molar-refractivity contribution in [3.8, 4) is 12.1 Å². The molecular weight excluding hydrogens is 444 g/mol. The van der Waals surface area contributed by atoms with Crippen LogP contribution in [-0.4, -0.2) is 11.6 Å². The molecule has 4 heteroatoms. The van der Waals surface area contributed by atoms with E-state index in [4.69, 9.17) is 0 Å². The predicted molar refractivity (Wildman–Crippen MR) is 143 cm³/mol. The molecule has 0 saturated heterocycles. The average Bonchev–Trinajstić information content (AvgIpc) is 2.78. The molecule has 1 unspecified atom stereocenters. The van der Waals surface area contributed by atoms with Gasteiger partial charge in [-0.2, -0.15) is 10.5 Å². The van der Waals surface area contributed by atoms with Gasteiger partial charge in [0.05, 0.1) is 17.1 Å². The number of allylic oxidation sites excluding steroid dienone is 4. The van der Waals surface area contributed by atoms with Gasteiger partial charge in [0, 0.05) is 11.3 Å². The Bertz CT molecular complexity index is 1080. The van der Waals surface area contributed by atoms with E-state index in [0.717, 1.165) is 50.5 Å². The monoisotopic (exact) mass is 490 g/mol. The van der Waals surface area contributed by atoms with Crippen LogP contribution in [0, 0.1) is 67.5 Å². The number of carbonyl (C=O) groups excluding carboxylic acids is 2. The fourth-order valence-corrected chi connectivity index (χ4v) is 8.07. The zero-order chi connectivity index (χ0) is 27.3. The van der Waals surface area contributed by atoms with Crippen molar-refractivity contribution in [3.05, 3.63) is 23.3 Å². The molecule has 6 atom stereocenters. The molecule has 2 saturated carbocycles. The Morgan fingerprint density at radius 2 is 1.78 bits per heavy atom. The molecular formula is C32H46N2O2. The Balaban J connectivity index is 2.02. The topological polar surface area (TPSA) is 81.7 Å². The molecule has 0 aromatic heterocycles. The Morgan fingerprint density at radius 1 is 1.14 bits per heavy atom.